The summed E-state index contributed by atoms with van der Waals surface area (Å²) in [6, 6.07) is 8.75. The largest absolute Gasteiger partial charge is 0.301 e. The SMILES string of the molecule is Clc1ccccc1C(NC1CC1)c1nccs1. The number of hydrogen-bond donors (Lipinski definition) is 1. The maximum atomic E-state index is 6.28. The molecule has 1 N–H and O–H groups in total. The van der Waals surface area contributed by atoms with E-state index in [0.717, 1.165) is 15.6 Å². The number of halogens is 1. The molecular formula is C13H13ClN2S. The van der Waals surface area contributed by atoms with Gasteiger partial charge < -0.3 is 5.32 Å². The average molecular weight is 265 g/mol. The fourth-order valence-corrected chi connectivity index (χ4v) is 2.82. The van der Waals surface area contributed by atoms with Crippen LogP contribution in [0, 0.1) is 0 Å². The van der Waals surface area contributed by atoms with Crippen LogP contribution in [-0.4, -0.2) is 11.0 Å². The van der Waals surface area contributed by atoms with Crippen molar-refractivity contribution in [2.75, 3.05) is 0 Å². The van der Waals surface area contributed by atoms with Crippen molar-refractivity contribution in [3.05, 3.63) is 51.4 Å². The van der Waals surface area contributed by atoms with Crippen LogP contribution >= 0.6 is 22.9 Å². The molecule has 88 valence electrons. The third kappa shape index (κ3) is 2.51. The van der Waals surface area contributed by atoms with E-state index in [2.05, 4.69) is 16.4 Å². The number of aromatic nitrogens is 1. The predicted octanol–water partition coefficient (Wildman–Crippen LogP) is 3.64. The van der Waals surface area contributed by atoms with Gasteiger partial charge in [0.1, 0.15) is 5.01 Å². The second kappa shape index (κ2) is 4.77. The van der Waals surface area contributed by atoms with E-state index in [1.807, 2.05) is 29.8 Å². The zero-order valence-electron chi connectivity index (χ0n) is 9.27. The smallest absolute Gasteiger partial charge is 0.114 e. The fraction of sp³-hybridized carbons (Fsp3) is 0.308. The van der Waals surface area contributed by atoms with Crippen molar-refractivity contribution in [2.45, 2.75) is 24.9 Å². The van der Waals surface area contributed by atoms with E-state index in [-0.39, 0.29) is 6.04 Å². The monoisotopic (exact) mass is 264 g/mol. The molecule has 4 heteroatoms. The highest BCUT2D eigenvalue weighted by Gasteiger charge is 2.28. The quantitative estimate of drug-likeness (QED) is 0.912. The molecule has 1 atom stereocenters. The highest BCUT2D eigenvalue weighted by atomic mass is 35.5. The maximum absolute atomic E-state index is 6.28. The summed E-state index contributed by atoms with van der Waals surface area (Å²) in [6.07, 6.45) is 4.36. The van der Waals surface area contributed by atoms with Gasteiger partial charge in [-0.25, -0.2) is 4.98 Å². The molecule has 0 saturated heterocycles. The molecule has 1 aromatic carbocycles. The first-order valence-electron chi connectivity index (χ1n) is 5.74. The van der Waals surface area contributed by atoms with Crippen LogP contribution in [0.15, 0.2) is 35.8 Å². The Balaban J connectivity index is 1.95. The number of nitrogens with zero attached hydrogens (tertiary/aromatic N) is 1. The normalized spacial score (nSPS) is 17.0. The summed E-state index contributed by atoms with van der Waals surface area (Å²) in [7, 11) is 0. The predicted molar refractivity (Wildman–Crippen MR) is 71.6 cm³/mol. The summed E-state index contributed by atoms with van der Waals surface area (Å²) >= 11 is 7.95. The van der Waals surface area contributed by atoms with E-state index in [0.29, 0.717) is 6.04 Å². The highest BCUT2D eigenvalue weighted by Crippen LogP contribution is 2.32. The number of rotatable bonds is 4. The molecule has 1 saturated carbocycles. The van der Waals surface area contributed by atoms with Crippen molar-refractivity contribution in [1.29, 1.82) is 0 Å². The molecule has 3 rings (SSSR count). The Kier molecular flexibility index (Phi) is 3.14. The molecule has 2 aromatic rings. The molecule has 1 unspecified atom stereocenters. The van der Waals surface area contributed by atoms with Gasteiger partial charge in [0.2, 0.25) is 0 Å². The van der Waals surface area contributed by atoms with Crippen molar-refractivity contribution < 1.29 is 0 Å². The summed E-state index contributed by atoms with van der Waals surface area (Å²) in [4.78, 5) is 4.41. The summed E-state index contributed by atoms with van der Waals surface area (Å²) in [5.74, 6) is 0. The second-order valence-electron chi connectivity index (χ2n) is 4.27. The van der Waals surface area contributed by atoms with Gasteiger partial charge in [0, 0.05) is 22.6 Å². The van der Waals surface area contributed by atoms with Crippen LogP contribution < -0.4 is 5.32 Å². The van der Waals surface area contributed by atoms with Crippen LogP contribution in [-0.2, 0) is 0 Å². The molecule has 1 aliphatic rings. The minimum Gasteiger partial charge on any atom is -0.301 e. The zero-order valence-corrected chi connectivity index (χ0v) is 10.8. The van der Waals surface area contributed by atoms with Gasteiger partial charge in [0.05, 0.1) is 6.04 Å². The van der Waals surface area contributed by atoms with Crippen LogP contribution in [0.5, 0.6) is 0 Å². The Bertz CT molecular complexity index is 494. The first-order chi connectivity index (χ1) is 8.34. The number of nitrogens with one attached hydrogen (secondary N) is 1. The van der Waals surface area contributed by atoms with E-state index in [4.69, 9.17) is 11.6 Å². The topological polar surface area (TPSA) is 24.9 Å². The van der Waals surface area contributed by atoms with E-state index < -0.39 is 0 Å². The van der Waals surface area contributed by atoms with Gasteiger partial charge in [0.25, 0.3) is 0 Å². The first kappa shape index (κ1) is 11.2. The Hall–Kier alpha value is -0.900. The molecule has 1 aliphatic carbocycles. The lowest BCUT2D eigenvalue weighted by Gasteiger charge is -2.17. The van der Waals surface area contributed by atoms with Crippen LogP contribution in [0.25, 0.3) is 0 Å². The fourth-order valence-electron chi connectivity index (χ4n) is 1.87. The van der Waals surface area contributed by atoms with E-state index >= 15 is 0 Å². The van der Waals surface area contributed by atoms with Crippen LogP contribution in [0.2, 0.25) is 5.02 Å². The van der Waals surface area contributed by atoms with E-state index in [9.17, 15) is 0 Å². The average Bonchev–Trinajstić information content (AvgIpc) is 3.00. The molecule has 1 fully saturated rings. The van der Waals surface area contributed by atoms with Gasteiger partial charge in [0.15, 0.2) is 0 Å². The Labute approximate surface area is 110 Å². The first-order valence-corrected chi connectivity index (χ1v) is 7.00. The van der Waals surface area contributed by atoms with Crippen LogP contribution in [0.3, 0.4) is 0 Å². The Morgan fingerprint density at radius 3 is 2.82 bits per heavy atom. The number of hydrogen-bond acceptors (Lipinski definition) is 3. The highest BCUT2D eigenvalue weighted by molar-refractivity contribution is 7.09. The third-order valence-electron chi connectivity index (χ3n) is 2.89. The van der Waals surface area contributed by atoms with Crippen molar-refractivity contribution in [3.63, 3.8) is 0 Å². The van der Waals surface area contributed by atoms with Gasteiger partial charge in [-0.2, -0.15) is 0 Å². The summed E-state index contributed by atoms with van der Waals surface area (Å²) in [5.41, 5.74) is 1.12. The van der Waals surface area contributed by atoms with Crippen molar-refractivity contribution >= 4 is 22.9 Å². The lowest BCUT2D eigenvalue weighted by atomic mass is 10.1. The second-order valence-corrected chi connectivity index (χ2v) is 5.60. The molecule has 0 spiro atoms. The molecule has 0 aliphatic heterocycles. The molecule has 17 heavy (non-hydrogen) atoms. The Morgan fingerprint density at radius 1 is 1.35 bits per heavy atom. The van der Waals surface area contributed by atoms with Crippen molar-refractivity contribution in [1.82, 2.24) is 10.3 Å². The van der Waals surface area contributed by atoms with Gasteiger partial charge in [-0.3, -0.25) is 0 Å². The van der Waals surface area contributed by atoms with Gasteiger partial charge in [-0.1, -0.05) is 29.8 Å². The molecule has 1 heterocycles. The molecule has 1 aromatic heterocycles. The standard InChI is InChI=1S/C13H13ClN2S/c14-11-4-2-1-3-10(11)12(16-9-5-6-9)13-15-7-8-17-13/h1-4,7-9,12,16H,5-6H2. The zero-order chi connectivity index (χ0) is 11.7. The molecule has 0 bridgehead atoms. The van der Waals surface area contributed by atoms with Crippen molar-refractivity contribution in [2.24, 2.45) is 0 Å². The maximum Gasteiger partial charge on any atom is 0.114 e. The summed E-state index contributed by atoms with van der Waals surface area (Å²) in [5, 5.41) is 7.52. The lowest BCUT2D eigenvalue weighted by Crippen LogP contribution is -2.24. The van der Waals surface area contributed by atoms with Crippen molar-refractivity contribution in [3.8, 4) is 0 Å². The molecule has 2 nitrogen and oxygen atoms in total. The number of benzene rings is 1. The van der Waals surface area contributed by atoms with E-state index in [1.54, 1.807) is 11.3 Å². The minimum atomic E-state index is 0.135. The lowest BCUT2D eigenvalue weighted by molar-refractivity contribution is 0.598. The molecule has 0 amide bonds. The van der Waals surface area contributed by atoms with Gasteiger partial charge in [-0.15, -0.1) is 11.3 Å². The van der Waals surface area contributed by atoms with Crippen LogP contribution in [0.1, 0.15) is 29.5 Å². The summed E-state index contributed by atoms with van der Waals surface area (Å²) < 4.78 is 0. The van der Waals surface area contributed by atoms with Gasteiger partial charge >= 0.3 is 0 Å². The molecular weight excluding hydrogens is 252 g/mol. The Morgan fingerprint density at radius 2 is 2.18 bits per heavy atom. The van der Waals surface area contributed by atoms with Crippen LogP contribution in [0.4, 0.5) is 0 Å². The minimum absolute atomic E-state index is 0.135. The van der Waals surface area contributed by atoms with Gasteiger partial charge in [-0.05, 0) is 24.5 Å². The summed E-state index contributed by atoms with van der Waals surface area (Å²) in [6.45, 7) is 0. The molecule has 0 radical (unpaired) electrons. The van der Waals surface area contributed by atoms with E-state index in [1.165, 1.54) is 12.8 Å². The number of thiazole rings is 1. The third-order valence-corrected chi connectivity index (χ3v) is 4.08.